The molecule has 0 spiro atoms. The van der Waals surface area contributed by atoms with Gasteiger partial charge >= 0.3 is 0 Å². The van der Waals surface area contributed by atoms with Crippen molar-refractivity contribution in [2.75, 3.05) is 25.5 Å². The van der Waals surface area contributed by atoms with E-state index < -0.39 is 0 Å². The number of rotatable bonds is 4. The quantitative estimate of drug-likeness (QED) is 0.921. The van der Waals surface area contributed by atoms with Crippen molar-refractivity contribution in [1.82, 2.24) is 10.3 Å². The molecule has 0 saturated heterocycles. The zero-order valence-electron chi connectivity index (χ0n) is 13.3. The van der Waals surface area contributed by atoms with E-state index >= 15 is 0 Å². The Bertz CT molecular complexity index is 512. The third-order valence-electron chi connectivity index (χ3n) is 6.01. The van der Waals surface area contributed by atoms with Gasteiger partial charge < -0.3 is 10.2 Å². The lowest BCUT2D eigenvalue weighted by Gasteiger charge is -2.26. The van der Waals surface area contributed by atoms with Crippen molar-refractivity contribution >= 4 is 16.5 Å². The van der Waals surface area contributed by atoms with Crippen LogP contribution >= 0.6 is 11.3 Å². The van der Waals surface area contributed by atoms with Gasteiger partial charge in [0.25, 0.3) is 0 Å². The largest absolute Gasteiger partial charge is 0.351 e. The second-order valence-electron chi connectivity index (χ2n) is 7.36. The molecule has 21 heavy (non-hydrogen) atoms. The van der Waals surface area contributed by atoms with Crippen molar-refractivity contribution in [3.8, 4) is 0 Å². The summed E-state index contributed by atoms with van der Waals surface area (Å²) >= 11 is 1.93. The van der Waals surface area contributed by atoms with Gasteiger partial charge in [-0.05, 0) is 63.3 Å². The van der Waals surface area contributed by atoms with Crippen LogP contribution in [-0.4, -0.2) is 25.6 Å². The van der Waals surface area contributed by atoms with Gasteiger partial charge in [0.15, 0.2) is 5.13 Å². The highest BCUT2D eigenvalue weighted by molar-refractivity contribution is 7.15. The van der Waals surface area contributed by atoms with Crippen LogP contribution in [0.1, 0.15) is 55.1 Å². The Kier molecular flexibility index (Phi) is 3.70. The van der Waals surface area contributed by atoms with Crippen LogP contribution in [0.5, 0.6) is 0 Å². The molecule has 2 saturated carbocycles. The zero-order chi connectivity index (χ0) is 14.4. The second kappa shape index (κ2) is 5.54. The molecule has 4 rings (SSSR count). The topological polar surface area (TPSA) is 28.2 Å². The maximum atomic E-state index is 4.96. The summed E-state index contributed by atoms with van der Waals surface area (Å²) in [6, 6.07) is 0.538. The van der Waals surface area contributed by atoms with Gasteiger partial charge in [-0.2, -0.15) is 0 Å². The van der Waals surface area contributed by atoms with Gasteiger partial charge in [-0.15, -0.1) is 0 Å². The van der Waals surface area contributed by atoms with Gasteiger partial charge in [-0.25, -0.2) is 4.98 Å². The van der Waals surface area contributed by atoms with Crippen LogP contribution < -0.4 is 10.2 Å². The van der Waals surface area contributed by atoms with Crippen LogP contribution in [0, 0.1) is 17.8 Å². The van der Waals surface area contributed by atoms with Crippen LogP contribution in [0.25, 0.3) is 0 Å². The minimum Gasteiger partial charge on any atom is -0.351 e. The molecule has 4 heteroatoms. The minimum atomic E-state index is 0.538. The first-order valence-corrected chi connectivity index (χ1v) is 9.44. The van der Waals surface area contributed by atoms with Crippen LogP contribution in [0.15, 0.2) is 0 Å². The van der Waals surface area contributed by atoms with E-state index in [9.17, 15) is 0 Å². The summed E-state index contributed by atoms with van der Waals surface area (Å²) in [4.78, 5) is 8.90. The van der Waals surface area contributed by atoms with Crippen LogP contribution in [0.2, 0.25) is 0 Å². The first-order chi connectivity index (χ1) is 10.2. The summed E-state index contributed by atoms with van der Waals surface area (Å²) in [6.45, 7) is 1.22. The number of hydrogen-bond acceptors (Lipinski definition) is 4. The van der Waals surface area contributed by atoms with E-state index in [4.69, 9.17) is 4.98 Å². The highest BCUT2D eigenvalue weighted by Gasteiger charge is 2.40. The normalized spacial score (nSPS) is 34.2. The van der Waals surface area contributed by atoms with Gasteiger partial charge in [0.05, 0.1) is 5.69 Å². The van der Waals surface area contributed by atoms with E-state index in [1.54, 1.807) is 0 Å². The van der Waals surface area contributed by atoms with E-state index in [1.165, 1.54) is 67.2 Å². The molecule has 0 radical (unpaired) electrons. The van der Waals surface area contributed by atoms with E-state index in [1.807, 2.05) is 11.3 Å². The smallest absolute Gasteiger partial charge is 0.185 e. The standard InChI is InChI=1S/C17H27N3S/c1-18-14-4-3-5-15-16(14)21-17(19-15)20(2)10-13-9-11-6-7-12(13)8-11/h11-14,18H,3-10H2,1-2H3. The van der Waals surface area contributed by atoms with Gasteiger partial charge in [0.2, 0.25) is 0 Å². The molecular formula is C17H27N3S. The summed E-state index contributed by atoms with van der Waals surface area (Å²) in [5.41, 5.74) is 1.36. The maximum Gasteiger partial charge on any atom is 0.185 e. The summed E-state index contributed by atoms with van der Waals surface area (Å²) in [6.07, 6.45) is 9.68. The molecule has 4 atom stereocenters. The number of aryl methyl sites for hydroxylation is 1. The third kappa shape index (κ3) is 2.50. The fraction of sp³-hybridized carbons (Fsp3) is 0.824. The molecule has 116 valence electrons. The summed E-state index contributed by atoms with van der Waals surface area (Å²) in [7, 11) is 4.34. The number of thiazole rings is 1. The van der Waals surface area contributed by atoms with E-state index in [0.29, 0.717) is 6.04 Å². The molecule has 0 aromatic carbocycles. The minimum absolute atomic E-state index is 0.538. The molecule has 3 aliphatic carbocycles. The Morgan fingerprint density at radius 2 is 2.19 bits per heavy atom. The highest BCUT2D eigenvalue weighted by Crippen LogP contribution is 2.49. The Labute approximate surface area is 132 Å². The SMILES string of the molecule is CNC1CCCc2nc(N(C)CC3CC4CCC3C4)sc21. The maximum absolute atomic E-state index is 4.96. The lowest BCUT2D eigenvalue weighted by Crippen LogP contribution is -2.28. The molecule has 0 amide bonds. The molecule has 4 unspecified atom stereocenters. The predicted molar refractivity (Wildman–Crippen MR) is 89.1 cm³/mol. The lowest BCUT2D eigenvalue weighted by molar-refractivity contribution is 0.337. The molecule has 2 bridgehead atoms. The summed E-state index contributed by atoms with van der Waals surface area (Å²) in [5, 5.41) is 4.71. The average Bonchev–Trinajstić information content (AvgIpc) is 3.20. The average molecular weight is 305 g/mol. The monoisotopic (exact) mass is 305 g/mol. The molecule has 3 aliphatic rings. The van der Waals surface area contributed by atoms with Crippen LogP contribution in [0.4, 0.5) is 5.13 Å². The van der Waals surface area contributed by atoms with Crippen molar-refractivity contribution < 1.29 is 0 Å². The molecule has 0 aliphatic heterocycles. The summed E-state index contributed by atoms with van der Waals surface area (Å²) < 4.78 is 0. The van der Waals surface area contributed by atoms with E-state index in [2.05, 4.69) is 24.3 Å². The first-order valence-electron chi connectivity index (χ1n) is 8.62. The lowest BCUT2D eigenvalue weighted by atomic mass is 9.88. The van der Waals surface area contributed by atoms with Crippen molar-refractivity contribution in [2.45, 2.75) is 51.0 Å². The molecule has 3 nitrogen and oxygen atoms in total. The fourth-order valence-electron chi connectivity index (χ4n) is 4.88. The fourth-order valence-corrected chi connectivity index (χ4v) is 6.10. The van der Waals surface area contributed by atoms with Crippen molar-refractivity contribution in [3.05, 3.63) is 10.6 Å². The van der Waals surface area contributed by atoms with E-state index in [0.717, 1.165) is 17.8 Å². The zero-order valence-corrected chi connectivity index (χ0v) is 14.1. The summed E-state index contributed by atoms with van der Waals surface area (Å²) in [5.74, 6) is 2.98. The number of aromatic nitrogens is 1. The predicted octanol–water partition coefficient (Wildman–Crippen LogP) is 3.61. The highest BCUT2D eigenvalue weighted by atomic mass is 32.1. The van der Waals surface area contributed by atoms with Gasteiger partial charge in [-0.1, -0.05) is 17.8 Å². The number of nitrogens with one attached hydrogen (secondary N) is 1. The number of nitrogens with zero attached hydrogens (tertiary/aromatic N) is 2. The van der Waals surface area contributed by atoms with Gasteiger partial charge in [0.1, 0.15) is 0 Å². The molecule has 1 N–H and O–H groups in total. The third-order valence-corrected chi connectivity index (χ3v) is 7.33. The Balaban J connectivity index is 1.47. The van der Waals surface area contributed by atoms with Gasteiger partial charge in [0, 0.05) is 24.5 Å². The second-order valence-corrected chi connectivity index (χ2v) is 8.37. The van der Waals surface area contributed by atoms with Crippen molar-refractivity contribution in [1.29, 1.82) is 0 Å². The number of hydrogen-bond donors (Lipinski definition) is 1. The van der Waals surface area contributed by atoms with Gasteiger partial charge in [-0.3, -0.25) is 0 Å². The Hall–Kier alpha value is -0.610. The molecular weight excluding hydrogens is 278 g/mol. The van der Waals surface area contributed by atoms with Crippen LogP contribution in [-0.2, 0) is 6.42 Å². The molecule has 1 aromatic rings. The Morgan fingerprint density at radius 1 is 1.29 bits per heavy atom. The number of anilines is 1. The van der Waals surface area contributed by atoms with Crippen molar-refractivity contribution in [3.63, 3.8) is 0 Å². The van der Waals surface area contributed by atoms with Crippen molar-refractivity contribution in [2.24, 2.45) is 17.8 Å². The van der Waals surface area contributed by atoms with E-state index in [-0.39, 0.29) is 0 Å². The Morgan fingerprint density at radius 3 is 2.90 bits per heavy atom. The van der Waals surface area contributed by atoms with Crippen LogP contribution in [0.3, 0.4) is 0 Å². The molecule has 1 aromatic heterocycles. The molecule has 1 heterocycles. The number of fused-ring (bicyclic) bond motifs is 3. The first kappa shape index (κ1) is 14.0. The molecule has 2 fully saturated rings.